The first-order valence-electron chi connectivity index (χ1n) is 7.01. The van der Waals surface area contributed by atoms with Crippen molar-refractivity contribution in [2.75, 3.05) is 0 Å². The molecule has 2 nitrogen and oxygen atoms in total. The molecule has 0 heterocycles. The zero-order chi connectivity index (χ0) is 14.8. The predicted molar refractivity (Wildman–Crippen MR) is 75.0 cm³/mol. The summed E-state index contributed by atoms with van der Waals surface area (Å²) in [5, 5.41) is 9.99. The van der Waals surface area contributed by atoms with E-state index in [-0.39, 0.29) is 6.61 Å². The molecule has 0 bridgehead atoms. The number of hydrogen-bond donors (Lipinski definition) is 1. The molecule has 1 atom stereocenters. The van der Waals surface area contributed by atoms with Crippen LogP contribution in [0.25, 0.3) is 0 Å². The third-order valence-electron chi connectivity index (χ3n) is 3.81. The smallest absolute Gasteiger partial charge is 0.132 e. The predicted octanol–water partition coefficient (Wildman–Crippen LogP) is 3.91. The Kier molecular flexibility index (Phi) is 3.88. The van der Waals surface area contributed by atoms with Crippen LogP contribution in [-0.4, -0.2) is 5.11 Å². The van der Waals surface area contributed by atoms with Gasteiger partial charge < -0.3 is 9.84 Å². The Balaban J connectivity index is 1.75. The highest BCUT2D eigenvalue weighted by atomic mass is 19.1. The molecule has 0 fully saturated rings. The minimum Gasteiger partial charge on any atom is -0.489 e. The van der Waals surface area contributed by atoms with Crippen LogP contribution in [0.2, 0.25) is 0 Å². The molecule has 0 amide bonds. The third kappa shape index (κ3) is 3.05. The van der Waals surface area contributed by atoms with Crippen molar-refractivity contribution in [2.24, 2.45) is 0 Å². The van der Waals surface area contributed by atoms with Crippen molar-refractivity contribution in [1.82, 2.24) is 0 Å². The summed E-state index contributed by atoms with van der Waals surface area (Å²) in [5.41, 5.74) is 2.32. The summed E-state index contributed by atoms with van der Waals surface area (Å²) >= 11 is 0. The number of fused-ring (bicyclic) bond motifs is 1. The topological polar surface area (TPSA) is 29.5 Å². The zero-order valence-corrected chi connectivity index (χ0v) is 11.5. The molecule has 110 valence electrons. The fourth-order valence-corrected chi connectivity index (χ4v) is 2.64. The van der Waals surface area contributed by atoms with Gasteiger partial charge in [-0.2, -0.15) is 0 Å². The Morgan fingerprint density at radius 2 is 2.00 bits per heavy atom. The summed E-state index contributed by atoms with van der Waals surface area (Å²) in [6.07, 6.45) is 2.23. The lowest BCUT2D eigenvalue weighted by Crippen LogP contribution is -2.09. The molecule has 21 heavy (non-hydrogen) atoms. The largest absolute Gasteiger partial charge is 0.489 e. The van der Waals surface area contributed by atoms with E-state index in [1.807, 2.05) is 12.1 Å². The van der Waals surface area contributed by atoms with E-state index in [1.54, 1.807) is 6.07 Å². The van der Waals surface area contributed by atoms with Gasteiger partial charge in [-0.05, 0) is 54.7 Å². The summed E-state index contributed by atoms with van der Waals surface area (Å²) in [4.78, 5) is 0. The van der Waals surface area contributed by atoms with Gasteiger partial charge in [0.15, 0.2) is 0 Å². The van der Waals surface area contributed by atoms with Crippen molar-refractivity contribution in [3.05, 3.63) is 64.7 Å². The molecule has 4 heteroatoms. The van der Waals surface area contributed by atoms with Crippen molar-refractivity contribution >= 4 is 0 Å². The fourth-order valence-electron chi connectivity index (χ4n) is 2.64. The Labute approximate surface area is 122 Å². The number of hydrogen-bond acceptors (Lipinski definition) is 2. The number of aliphatic hydroxyl groups is 1. The molecule has 1 aliphatic carbocycles. The van der Waals surface area contributed by atoms with E-state index in [9.17, 15) is 13.9 Å². The van der Waals surface area contributed by atoms with Crippen LogP contribution in [0.4, 0.5) is 8.78 Å². The van der Waals surface area contributed by atoms with E-state index >= 15 is 0 Å². The monoisotopic (exact) mass is 290 g/mol. The number of halogens is 2. The lowest BCUT2D eigenvalue weighted by molar-refractivity contribution is 0.156. The van der Waals surface area contributed by atoms with Crippen LogP contribution in [0.1, 0.15) is 35.6 Å². The molecule has 1 N–H and O–H groups in total. The molecular weight excluding hydrogens is 274 g/mol. The first-order valence-corrected chi connectivity index (χ1v) is 7.01. The lowest BCUT2D eigenvalue weighted by atomic mass is 9.89. The third-order valence-corrected chi connectivity index (χ3v) is 3.81. The van der Waals surface area contributed by atoms with Gasteiger partial charge in [0.1, 0.15) is 24.0 Å². The Bertz CT molecular complexity index is 655. The van der Waals surface area contributed by atoms with Gasteiger partial charge in [-0.25, -0.2) is 8.78 Å². The summed E-state index contributed by atoms with van der Waals surface area (Å²) in [7, 11) is 0. The highest BCUT2D eigenvalue weighted by Crippen LogP contribution is 2.32. The standard InChI is InChI=1S/C17H16F2O2/c18-13-6-4-12(16(19)8-13)10-21-14-7-5-11-2-1-3-17(20)15(11)9-14/h4-9,17,20H,1-3,10H2/t17-/m1/s1. The second-order valence-electron chi connectivity index (χ2n) is 5.29. The highest BCUT2D eigenvalue weighted by molar-refractivity contribution is 5.38. The zero-order valence-electron chi connectivity index (χ0n) is 11.5. The van der Waals surface area contributed by atoms with Crippen LogP contribution in [-0.2, 0) is 13.0 Å². The van der Waals surface area contributed by atoms with Gasteiger partial charge in [-0.15, -0.1) is 0 Å². The fraction of sp³-hybridized carbons (Fsp3) is 0.294. The van der Waals surface area contributed by atoms with Crippen molar-refractivity contribution < 1.29 is 18.6 Å². The van der Waals surface area contributed by atoms with Crippen molar-refractivity contribution in [1.29, 1.82) is 0 Å². The second-order valence-corrected chi connectivity index (χ2v) is 5.29. The van der Waals surface area contributed by atoms with Crippen molar-refractivity contribution in [3.63, 3.8) is 0 Å². The van der Waals surface area contributed by atoms with E-state index in [4.69, 9.17) is 4.74 Å². The van der Waals surface area contributed by atoms with Crippen molar-refractivity contribution in [2.45, 2.75) is 32.0 Å². The summed E-state index contributed by atoms with van der Waals surface area (Å²) in [6, 6.07) is 8.98. The van der Waals surface area contributed by atoms with E-state index < -0.39 is 17.7 Å². The first kappa shape index (κ1) is 14.0. The average Bonchev–Trinajstić information content (AvgIpc) is 2.47. The molecule has 0 unspecified atom stereocenters. The van der Waals surface area contributed by atoms with Crippen molar-refractivity contribution in [3.8, 4) is 5.75 Å². The van der Waals surface area contributed by atoms with Gasteiger partial charge in [-0.3, -0.25) is 0 Å². The molecule has 0 saturated heterocycles. The molecule has 2 aromatic rings. The maximum atomic E-state index is 13.5. The van der Waals surface area contributed by atoms with Crippen LogP contribution >= 0.6 is 0 Å². The quantitative estimate of drug-likeness (QED) is 0.928. The van der Waals surface area contributed by atoms with Crippen LogP contribution in [0.3, 0.4) is 0 Å². The molecular formula is C17H16F2O2. The SMILES string of the molecule is O[C@@H]1CCCc2ccc(OCc3ccc(F)cc3F)cc21. The average molecular weight is 290 g/mol. The second kappa shape index (κ2) is 5.82. The van der Waals surface area contributed by atoms with Crippen LogP contribution in [0.15, 0.2) is 36.4 Å². The van der Waals surface area contributed by atoms with E-state index in [1.165, 1.54) is 12.1 Å². The molecule has 0 saturated carbocycles. The minimum atomic E-state index is -0.618. The summed E-state index contributed by atoms with van der Waals surface area (Å²) in [6.45, 7) is 0.0288. The van der Waals surface area contributed by atoms with Gasteiger partial charge in [0.2, 0.25) is 0 Å². The molecule has 2 aromatic carbocycles. The van der Waals surface area contributed by atoms with Gasteiger partial charge in [0.05, 0.1) is 6.10 Å². The molecule has 0 aliphatic heterocycles. The molecule has 3 rings (SSSR count). The van der Waals surface area contributed by atoms with Gasteiger partial charge in [-0.1, -0.05) is 6.07 Å². The first-order chi connectivity index (χ1) is 10.1. The Morgan fingerprint density at radius 3 is 2.81 bits per heavy atom. The normalized spacial score (nSPS) is 17.4. The maximum absolute atomic E-state index is 13.5. The molecule has 1 aliphatic rings. The molecule has 0 spiro atoms. The van der Waals surface area contributed by atoms with Crippen LogP contribution in [0, 0.1) is 11.6 Å². The van der Waals surface area contributed by atoms with Crippen LogP contribution in [0.5, 0.6) is 5.75 Å². The molecule has 0 radical (unpaired) electrons. The highest BCUT2D eigenvalue weighted by Gasteiger charge is 2.18. The van der Waals surface area contributed by atoms with Crippen LogP contribution < -0.4 is 4.74 Å². The number of aliphatic hydroxyl groups excluding tert-OH is 1. The lowest BCUT2D eigenvalue weighted by Gasteiger charge is -2.22. The van der Waals surface area contributed by atoms with Gasteiger partial charge in [0, 0.05) is 11.6 Å². The number of rotatable bonds is 3. The number of ether oxygens (including phenoxy) is 1. The van der Waals surface area contributed by atoms with Gasteiger partial charge >= 0.3 is 0 Å². The number of benzene rings is 2. The van der Waals surface area contributed by atoms with E-state index in [0.717, 1.165) is 36.5 Å². The Hall–Kier alpha value is -1.94. The minimum absolute atomic E-state index is 0.0288. The summed E-state index contributed by atoms with van der Waals surface area (Å²) < 4.78 is 31.9. The maximum Gasteiger partial charge on any atom is 0.132 e. The number of aryl methyl sites for hydroxylation is 1. The van der Waals surface area contributed by atoms with E-state index in [2.05, 4.69) is 0 Å². The van der Waals surface area contributed by atoms with E-state index in [0.29, 0.717) is 11.3 Å². The summed E-state index contributed by atoms with van der Waals surface area (Å²) in [5.74, 6) is -0.639. The van der Waals surface area contributed by atoms with Gasteiger partial charge in [0.25, 0.3) is 0 Å². The Morgan fingerprint density at radius 1 is 1.14 bits per heavy atom. The molecule has 0 aromatic heterocycles.